The summed E-state index contributed by atoms with van der Waals surface area (Å²) < 4.78 is 13.1. The molecule has 0 saturated carbocycles. The van der Waals surface area contributed by atoms with Crippen molar-refractivity contribution < 1.29 is 4.39 Å². The monoisotopic (exact) mass is 334 g/mol. The number of halogens is 1. The van der Waals surface area contributed by atoms with Gasteiger partial charge in [0, 0.05) is 49.1 Å². The van der Waals surface area contributed by atoms with Crippen LogP contribution in [0.15, 0.2) is 48.7 Å². The Morgan fingerprint density at radius 3 is 2.76 bits per heavy atom. The Morgan fingerprint density at radius 2 is 1.92 bits per heavy atom. The molecule has 1 aromatic carbocycles. The highest BCUT2D eigenvalue weighted by Crippen LogP contribution is 2.21. The highest BCUT2D eigenvalue weighted by Gasteiger charge is 2.18. The number of benzene rings is 1. The number of pyridine rings is 1. The lowest BCUT2D eigenvalue weighted by Crippen LogP contribution is -2.31. The van der Waals surface area contributed by atoms with Crippen LogP contribution < -0.4 is 0 Å². The van der Waals surface area contributed by atoms with Crippen molar-refractivity contribution in [2.24, 2.45) is 0 Å². The van der Waals surface area contributed by atoms with Gasteiger partial charge in [0.1, 0.15) is 11.6 Å². The van der Waals surface area contributed by atoms with E-state index >= 15 is 0 Å². The van der Waals surface area contributed by atoms with Gasteiger partial charge in [0.15, 0.2) is 0 Å². The predicted molar refractivity (Wildman–Crippen MR) is 94.2 cm³/mol. The lowest BCUT2D eigenvalue weighted by Gasteiger charge is -2.27. The van der Waals surface area contributed by atoms with E-state index in [4.69, 9.17) is 4.98 Å². The molecular formula is C20H19FN4. The molecule has 25 heavy (non-hydrogen) atoms. The van der Waals surface area contributed by atoms with Gasteiger partial charge in [0.05, 0.1) is 11.4 Å². The predicted octanol–water partition coefficient (Wildman–Crippen LogP) is 3.54. The molecule has 0 unspecified atom stereocenters. The van der Waals surface area contributed by atoms with Gasteiger partial charge in [-0.25, -0.2) is 14.4 Å². The van der Waals surface area contributed by atoms with Gasteiger partial charge in [-0.15, -0.1) is 0 Å². The maximum absolute atomic E-state index is 13.1. The minimum atomic E-state index is -0.232. The van der Waals surface area contributed by atoms with Crippen molar-refractivity contribution in [3.05, 3.63) is 77.3 Å². The maximum atomic E-state index is 13.1. The fourth-order valence-corrected chi connectivity index (χ4v) is 3.19. The highest BCUT2D eigenvalue weighted by atomic mass is 19.1. The second-order valence-electron chi connectivity index (χ2n) is 6.37. The van der Waals surface area contributed by atoms with E-state index in [1.54, 1.807) is 12.1 Å². The van der Waals surface area contributed by atoms with E-state index in [2.05, 4.69) is 14.9 Å². The average Bonchev–Trinajstić information content (AvgIpc) is 2.63. The van der Waals surface area contributed by atoms with E-state index in [0.717, 1.165) is 54.5 Å². The SMILES string of the molecule is Cc1ncc2c(n1)CCN(Cc1cccc(-c3ccc(F)cc3)n1)C2. The van der Waals surface area contributed by atoms with Gasteiger partial charge in [0.25, 0.3) is 0 Å². The van der Waals surface area contributed by atoms with E-state index in [1.165, 1.54) is 17.7 Å². The molecule has 0 atom stereocenters. The standard InChI is InChI=1S/C20H19FN4/c1-14-22-11-16-12-25(10-9-20(16)23-14)13-18-3-2-4-19(24-18)15-5-7-17(21)8-6-15/h2-8,11H,9-10,12-13H2,1H3. The zero-order valence-corrected chi connectivity index (χ0v) is 14.1. The van der Waals surface area contributed by atoms with Crippen LogP contribution in [-0.2, 0) is 19.5 Å². The molecule has 3 aromatic rings. The number of aromatic nitrogens is 3. The van der Waals surface area contributed by atoms with E-state index < -0.39 is 0 Å². The first-order valence-electron chi connectivity index (χ1n) is 8.43. The number of fused-ring (bicyclic) bond motifs is 1. The molecule has 3 heterocycles. The lowest BCUT2D eigenvalue weighted by atomic mass is 10.1. The first-order chi connectivity index (χ1) is 12.2. The molecule has 1 aliphatic heterocycles. The summed E-state index contributed by atoms with van der Waals surface area (Å²) in [7, 11) is 0. The molecule has 0 spiro atoms. The summed E-state index contributed by atoms with van der Waals surface area (Å²) in [6, 6.07) is 12.5. The Kier molecular flexibility index (Phi) is 4.24. The minimum absolute atomic E-state index is 0.232. The molecule has 1 aliphatic rings. The largest absolute Gasteiger partial charge is 0.293 e. The van der Waals surface area contributed by atoms with Crippen molar-refractivity contribution in [2.75, 3.05) is 6.54 Å². The molecule has 126 valence electrons. The molecule has 0 saturated heterocycles. The second-order valence-corrected chi connectivity index (χ2v) is 6.37. The van der Waals surface area contributed by atoms with Crippen molar-refractivity contribution in [2.45, 2.75) is 26.4 Å². The quantitative estimate of drug-likeness (QED) is 0.735. The zero-order valence-electron chi connectivity index (χ0n) is 14.1. The summed E-state index contributed by atoms with van der Waals surface area (Å²) in [6.45, 7) is 4.52. The second kappa shape index (κ2) is 6.69. The number of hydrogen-bond donors (Lipinski definition) is 0. The third-order valence-electron chi connectivity index (χ3n) is 4.47. The molecule has 0 fully saturated rings. The van der Waals surface area contributed by atoms with Crippen molar-refractivity contribution in [3.8, 4) is 11.3 Å². The summed E-state index contributed by atoms with van der Waals surface area (Å²) in [5.41, 5.74) is 5.17. The summed E-state index contributed by atoms with van der Waals surface area (Å²) in [5, 5.41) is 0. The molecule has 0 radical (unpaired) electrons. The molecule has 5 heteroatoms. The van der Waals surface area contributed by atoms with Crippen molar-refractivity contribution in [1.29, 1.82) is 0 Å². The number of aryl methyl sites for hydroxylation is 1. The summed E-state index contributed by atoms with van der Waals surface area (Å²) >= 11 is 0. The van der Waals surface area contributed by atoms with Crippen molar-refractivity contribution in [1.82, 2.24) is 19.9 Å². The molecule has 2 aromatic heterocycles. The molecule has 0 N–H and O–H groups in total. The number of nitrogens with zero attached hydrogens (tertiary/aromatic N) is 4. The molecular weight excluding hydrogens is 315 g/mol. The normalized spacial score (nSPS) is 14.3. The first kappa shape index (κ1) is 15.8. The van der Waals surface area contributed by atoms with Crippen LogP contribution in [0.1, 0.15) is 22.8 Å². The van der Waals surface area contributed by atoms with Crippen LogP contribution >= 0.6 is 0 Å². The van der Waals surface area contributed by atoms with Crippen LogP contribution in [0.25, 0.3) is 11.3 Å². The lowest BCUT2D eigenvalue weighted by molar-refractivity contribution is 0.240. The van der Waals surface area contributed by atoms with Crippen LogP contribution in [0, 0.1) is 12.7 Å². The number of hydrogen-bond acceptors (Lipinski definition) is 4. The molecule has 0 amide bonds. The van der Waals surface area contributed by atoms with Crippen LogP contribution in [0.3, 0.4) is 0 Å². The van der Waals surface area contributed by atoms with Crippen LogP contribution in [-0.4, -0.2) is 26.4 Å². The first-order valence-corrected chi connectivity index (χ1v) is 8.43. The van der Waals surface area contributed by atoms with Gasteiger partial charge < -0.3 is 0 Å². The van der Waals surface area contributed by atoms with Gasteiger partial charge in [-0.3, -0.25) is 9.88 Å². The molecule has 4 nitrogen and oxygen atoms in total. The van der Waals surface area contributed by atoms with E-state index in [1.807, 2.05) is 31.3 Å². The Hall–Kier alpha value is -2.66. The highest BCUT2D eigenvalue weighted by molar-refractivity contribution is 5.58. The number of rotatable bonds is 3. The average molecular weight is 334 g/mol. The van der Waals surface area contributed by atoms with Gasteiger partial charge in [-0.1, -0.05) is 6.07 Å². The summed E-state index contributed by atoms with van der Waals surface area (Å²) in [4.78, 5) is 15.9. The van der Waals surface area contributed by atoms with E-state index in [0.29, 0.717) is 0 Å². The minimum Gasteiger partial charge on any atom is -0.293 e. The van der Waals surface area contributed by atoms with Crippen LogP contribution in [0.5, 0.6) is 0 Å². The Morgan fingerprint density at radius 1 is 1.08 bits per heavy atom. The Balaban J connectivity index is 1.51. The Bertz CT molecular complexity index is 892. The van der Waals surface area contributed by atoms with Gasteiger partial charge in [-0.2, -0.15) is 0 Å². The fraction of sp³-hybridized carbons (Fsp3) is 0.250. The van der Waals surface area contributed by atoms with Gasteiger partial charge in [0.2, 0.25) is 0 Å². The van der Waals surface area contributed by atoms with Crippen molar-refractivity contribution >= 4 is 0 Å². The summed E-state index contributed by atoms with van der Waals surface area (Å²) in [6.07, 6.45) is 2.88. The fourth-order valence-electron chi connectivity index (χ4n) is 3.19. The Labute approximate surface area is 146 Å². The van der Waals surface area contributed by atoms with Crippen LogP contribution in [0.4, 0.5) is 4.39 Å². The smallest absolute Gasteiger partial charge is 0.125 e. The zero-order chi connectivity index (χ0) is 17.2. The van der Waals surface area contributed by atoms with Gasteiger partial charge >= 0.3 is 0 Å². The molecule has 0 aliphatic carbocycles. The molecule has 0 bridgehead atoms. The van der Waals surface area contributed by atoms with Crippen LogP contribution in [0.2, 0.25) is 0 Å². The van der Waals surface area contributed by atoms with Crippen molar-refractivity contribution in [3.63, 3.8) is 0 Å². The third-order valence-corrected chi connectivity index (χ3v) is 4.47. The third kappa shape index (κ3) is 3.56. The summed E-state index contributed by atoms with van der Waals surface area (Å²) in [5.74, 6) is 0.602. The molecule has 4 rings (SSSR count). The maximum Gasteiger partial charge on any atom is 0.125 e. The van der Waals surface area contributed by atoms with E-state index in [-0.39, 0.29) is 5.82 Å². The van der Waals surface area contributed by atoms with E-state index in [9.17, 15) is 4.39 Å². The topological polar surface area (TPSA) is 41.9 Å². The van der Waals surface area contributed by atoms with Gasteiger partial charge in [-0.05, 0) is 43.3 Å².